The Labute approximate surface area is 89.1 Å². The van der Waals surface area contributed by atoms with Gasteiger partial charge in [0.05, 0.1) is 0 Å². The molecule has 2 N–H and O–H groups in total. The molecule has 15 heavy (non-hydrogen) atoms. The summed E-state index contributed by atoms with van der Waals surface area (Å²) >= 11 is 0. The van der Waals surface area contributed by atoms with Gasteiger partial charge in [-0.25, -0.2) is 4.39 Å². The van der Waals surface area contributed by atoms with Gasteiger partial charge in [-0.1, -0.05) is 6.07 Å². The standard InChI is InChI=1S/C12H16FNO/c13-11-4-3-9(7-12(11)15)6-10-2-1-5-14-8-10/h3-4,7,10,14-15H,1-2,5-6,8H2. The van der Waals surface area contributed by atoms with E-state index >= 15 is 0 Å². The number of rotatable bonds is 2. The summed E-state index contributed by atoms with van der Waals surface area (Å²) in [6, 6.07) is 4.62. The smallest absolute Gasteiger partial charge is 0.164 e. The minimum absolute atomic E-state index is 0.240. The maximum atomic E-state index is 12.8. The van der Waals surface area contributed by atoms with Gasteiger partial charge in [-0.2, -0.15) is 0 Å². The van der Waals surface area contributed by atoms with Crippen LogP contribution in [0, 0.1) is 11.7 Å². The van der Waals surface area contributed by atoms with Crippen LogP contribution in [0.15, 0.2) is 18.2 Å². The largest absolute Gasteiger partial charge is 0.505 e. The van der Waals surface area contributed by atoms with Gasteiger partial charge in [-0.05, 0) is 56.0 Å². The zero-order chi connectivity index (χ0) is 10.7. The number of aromatic hydroxyl groups is 1. The van der Waals surface area contributed by atoms with E-state index in [9.17, 15) is 9.50 Å². The second-order valence-corrected chi connectivity index (χ2v) is 4.20. The molecule has 0 bridgehead atoms. The minimum Gasteiger partial charge on any atom is -0.505 e. The van der Waals surface area contributed by atoms with Crippen molar-refractivity contribution in [2.75, 3.05) is 13.1 Å². The topological polar surface area (TPSA) is 32.3 Å². The number of halogens is 1. The van der Waals surface area contributed by atoms with Gasteiger partial charge in [0.25, 0.3) is 0 Å². The van der Waals surface area contributed by atoms with Crippen molar-refractivity contribution in [2.45, 2.75) is 19.3 Å². The molecule has 1 saturated heterocycles. The van der Waals surface area contributed by atoms with Crippen LogP contribution >= 0.6 is 0 Å². The van der Waals surface area contributed by atoms with Crippen molar-refractivity contribution in [3.63, 3.8) is 0 Å². The van der Waals surface area contributed by atoms with Gasteiger partial charge in [0.2, 0.25) is 0 Å². The van der Waals surface area contributed by atoms with Gasteiger partial charge in [0, 0.05) is 0 Å². The Morgan fingerprint density at radius 2 is 2.33 bits per heavy atom. The number of nitrogens with one attached hydrogen (secondary N) is 1. The monoisotopic (exact) mass is 209 g/mol. The summed E-state index contributed by atoms with van der Waals surface area (Å²) in [5, 5.41) is 12.6. The van der Waals surface area contributed by atoms with Crippen LogP contribution in [0.25, 0.3) is 0 Å². The molecule has 0 aromatic heterocycles. The average molecular weight is 209 g/mol. The molecule has 0 amide bonds. The lowest BCUT2D eigenvalue weighted by atomic mass is 9.92. The van der Waals surface area contributed by atoms with E-state index in [1.165, 1.54) is 25.0 Å². The number of phenols is 1. The molecule has 1 aromatic carbocycles. The van der Waals surface area contributed by atoms with E-state index in [-0.39, 0.29) is 5.75 Å². The molecule has 2 nitrogen and oxygen atoms in total. The van der Waals surface area contributed by atoms with Crippen LogP contribution < -0.4 is 5.32 Å². The fourth-order valence-corrected chi connectivity index (χ4v) is 2.12. The molecule has 1 heterocycles. The maximum Gasteiger partial charge on any atom is 0.164 e. The molecule has 0 aliphatic carbocycles. The van der Waals surface area contributed by atoms with Crippen LogP contribution in [-0.4, -0.2) is 18.2 Å². The Kier molecular flexibility index (Phi) is 3.21. The fraction of sp³-hybridized carbons (Fsp3) is 0.500. The molecule has 0 radical (unpaired) electrons. The minimum atomic E-state index is -0.541. The lowest BCUT2D eigenvalue weighted by Crippen LogP contribution is -2.30. The lowest BCUT2D eigenvalue weighted by Gasteiger charge is -2.22. The second kappa shape index (κ2) is 4.62. The fourth-order valence-electron chi connectivity index (χ4n) is 2.12. The zero-order valence-corrected chi connectivity index (χ0v) is 8.67. The van der Waals surface area contributed by atoms with Crippen molar-refractivity contribution >= 4 is 0 Å². The van der Waals surface area contributed by atoms with Gasteiger partial charge in [-0.3, -0.25) is 0 Å². The number of phenolic OH excluding ortho intramolecular Hbond substituents is 1. The van der Waals surface area contributed by atoms with E-state index in [4.69, 9.17) is 0 Å². The molecular weight excluding hydrogens is 193 g/mol. The quantitative estimate of drug-likeness (QED) is 0.781. The van der Waals surface area contributed by atoms with Crippen LogP contribution in [-0.2, 0) is 6.42 Å². The summed E-state index contributed by atoms with van der Waals surface area (Å²) in [5.41, 5.74) is 1.02. The van der Waals surface area contributed by atoms with Crippen LogP contribution in [0.2, 0.25) is 0 Å². The van der Waals surface area contributed by atoms with Gasteiger partial charge >= 0.3 is 0 Å². The van der Waals surface area contributed by atoms with Crippen molar-refractivity contribution in [1.82, 2.24) is 5.32 Å². The number of piperidine rings is 1. The molecule has 82 valence electrons. The maximum absolute atomic E-state index is 12.8. The first-order valence-electron chi connectivity index (χ1n) is 5.44. The Balaban J connectivity index is 2.00. The SMILES string of the molecule is Oc1cc(CC2CCCNC2)ccc1F. The summed E-state index contributed by atoms with van der Waals surface area (Å²) in [6.45, 7) is 2.13. The number of benzene rings is 1. The highest BCUT2D eigenvalue weighted by molar-refractivity contribution is 5.29. The zero-order valence-electron chi connectivity index (χ0n) is 8.67. The summed E-state index contributed by atoms with van der Waals surface area (Å²) < 4.78 is 12.8. The normalized spacial score (nSPS) is 21.5. The van der Waals surface area contributed by atoms with E-state index in [0.29, 0.717) is 5.92 Å². The Hall–Kier alpha value is -1.09. The highest BCUT2D eigenvalue weighted by Gasteiger charge is 2.14. The van der Waals surface area contributed by atoms with E-state index < -0.39 is 5.82 Å². The number of hydrogen-bond donors (Lipinski definition) is 2. The highest BCUT2D eigenvalue weighted by Crippen LogP contribution is 2.21. The van der Waals surface area contributed by atoms with Gasteiger partial charge in [-0.15, -0.1) is 0 Å². The molecule has 1 aliphatic heterocycles. The molecule has 1 fully saturated rings. The molecule has 1 aliphatic rings. The van der Waals surface area contributed by atoms with Crippen LogP contribution in [0.3, 0.4) is 0 Å². The molecule has 1 atom stereocenters. The van der Waals surface area contributed by atoms with E-state index in [0.717, 1.165) is 25.1 Å². The molecule has 2 rings (SSSR count). The van der Waals surface area contributed by atoms with Crippen LogP contribution in [0.4, 0.5) is 4.39 Å². The lowest BCUT2D eigenvalue weighted by molar-refractivity contribution is 0.374. The van der Waals surface area contributed by atoms with Crippen LogP contribution in [0.5, 0.6) is 5.75 Å². The second-order valence-electron chi connectivity index (χ2n) is 4.20. The third-order valence-electron chi connectivity index (χ3n) is 2.93. The summed E-state index contributed by atoms with van der Waals surface area (Å²) in [4.78, 5) is 0. The first-order chi connectivity index (χ1) is 7.25. The third kappa shape index (κ3) is 2.69. The summed E-state index contributed by atoms with van der Waals surface area (Å²) in [5.74, 6) is -0.166. The first-order valence-corrected chi connectivity index (χ1v) is 5.44. The molecule has 0 saturated carbocycles. The Morgan fingerprint density at radius 1 is 1.47 bits per heavy atom. The Bertz CT molecular complexity index is 334. The van der Waals surface area contributed by atoms with Gasteiger partial charge < -0.3 is 10.4 Å². The van der Waals surface area contributed by atoms with Crippen molar-refractivity contribution in [3.8, 4) is 5.75 Å². The molecule has 0 spiro atoms. The van der Waals surface area contributed by atoms with E-state index in [1.54, 1.807) is 6.07 Å². The summed E-state index contributed by atoms with van der Waals surface area (Å²) in [7, 11) is 0. The van der Waals surface area contributed by atoms with Crippen molar-refractivity contribution in [3.05, 3.63) is 29.6 Å². The molecule has 1 unspecified atom stereocenters. The predicted octanol–water partition coefficient (Wildman–Crippen LogP) is 2.07. The average Bonchev–Trinajstić information content (AvgIpc) is 2.25. The van der Waals surface area contributed by atoms with Gasteiger partial charge in [0.1, 0.15) is 0 Å². The third-order valence-corrected chi connectivity index (χ3v) is 2.93. The van der Waals surface area contributed by atoms with E-state index in [2.05, 4.69) is 5.32 Å². The molecule has 3 heteroatoms. The summed E-state index contributed by atoms with van der Waals surface area (Å²) in [6.07, 6.45) is 3.34. The molecule has 1 aromatic rings. The first kappa shape index (κ1) is 10.4. The Morgan fingerprint density at radius 3 is 3.00 bits per heavy atom. The van der Waals surface area contributed by atoms with Gasteiger partial charge in [0.15, 0.2) is 11.6 Å². The molecular formula is C12H16FNO. The van der Waals surface area contributed by atoms with Crippen LogP contribution in [0.1, 0.15) is 18.4 Å². The highest BCUT2D eigenvalue weighted by atomic mass is 19.1. The van der Waals surface area contributed by atoms with E-state index in [1.807, 2.05) is 0 Å². The number of hydrogen-bond acceptors (Lipinski definition) is 2. The van der Waals surface area contributed by atoms with Crippen molar-refractivity contribution < 1.29 is 9.50 Å². The predicted molar refractivity (Wildman–Crippen MR) is 57.4 cm³/mol. The van der Waals surface area contributed by atoms with Crippen molar-refractivity contribution in [2.24, 2.45) is 5.92 Å². The van der Waals surface area contributed by atoms with Crippen molar-refractivity contribution in [1.29, 1.82) is 0 Å².